The summed E-state index contributed by atoms with van der Waals surface area (Å²) in [6, 6.07) is 13.6. The van der Waals surface area contributed by atoms with Gasteiger partial charge in [-0.05, 0) is 72.3 Å². The van der Waals surface area contributed by atoms with Crippen LogP contribution in [0.5, 0.6) is 0 Å². The van der Waals surface area contributed by atoms with E-state index in [0.29, 0.717) is 23.2 Å². The molecule has 2 aromatic carbocycles. The quantitative estimate of drug-likeness (QED) is 0.373. The van der Waals surface area contributed by atoms with Crippen LogP contribution in [0, 0.1) is 3.57 Å². The van der Waals surface area contributed by atoms with Crippen molar-refractivity contribution in [2.75, 3.05) is 5.32 Å². The van der Waals surface area contributed by atoms with Crippen LogP contribution in [0.3, 0.4) is 0 Å². The number of carbonyl (C=O) groups is 3. The molecule has 0 saturated carbocycles. The number of ketones is 1. The Kier molecular flexibility index (Phi) is 7.32. The van der Waals surface area contributed by atoms with Crippen LogP contribution in [0.15, 0.2) is 48.5 Å². The largest absolute Gasteiger partial charge is 0.451 e. The van der Waals surface area contributed by atoms with E-state index >= 15 is 0 Å². The zero-order valence-electron chi connectivity index (χ0n) is 14.6. The van der Waals surface area contributed by atoms with Crippen molar-refractivity contribution in [1.82, 2.24) is 0 Å². The van der Waals surface area contributed by atoms with E-state index in [0.717, 1.165) is 9.99 Å². The predicted octanol–water partition coefficient (Wildman–Crippen LogP) is 4.46. The molecule has 0 spiro atoms. The van der Waals surface area contributed by atoms with Gasteiger partial charge in [0, 0.05) is 21.2 Å². The van der Waals surface area contributed by atoms with Gasteiger partial charge < -0.3 is 10.1 Å². The molecule has 0 aliphatic carbocycles. The summed E-state index contributed by atoms with van der Waals surface area (Å²) < 4.78 is 6.06. The van der Waals surface area contributed by atoms with Gasteiger partial charge in [-0.15, -0.1) is 0 Å². The van der Waals surface area contributed by atoms with E-state index < -0.39 is 12.1 Å². The van der Waals surface area contributed by atoms with E-state index in [-0.39, 0.29) is 11.7 Å². The van der Waals surface area contributed by atoms with Crippen LogP contribution in [-0.2, 0) is 9.53 Å². The van der Waals surface area contributed by atoms with Crippen molar-refractivity contribution >= 4 is 45.9 Å². The zero-order valence-corrected chi connectivity index (χ0v) is 16.8. The van der Waals surface area contributed by atoms with Crippen molar-refractivity contribution in [2.45, 2.75) is 32.8 Å². The lowest BCUT2D eigenvalue weighted by Gasteiger charge is -2.13. The van der Waals surface area contributed by atoms with Crippen LogP contribution in [0.1, 0.15) is 47.4 Å². The normalized spacial score (nSPS) is 11.5. The maximum Gasteiger partial charge on any atom is 0.339 e. The van der Waals surface area contributed by atoms with Crippen LogP contribution in [0.2, 0.25) is 0 Å². The molecule has 5 nitrogen and oxygen atoms in total. The number of ether oxygens (including phenoxy) is 1. The highest BCUT2D eigenvalue weighted by Gasteiger charge is 2.21. The highest BCUT2D eigenvalue weighted by molar-refractivity contribution is 14.1. The first kappa shape index (κ1) is 20.1. The van der Waals surface area contributed by atoms with Crippen LogP contribution in [0.4, 0.5) is 5.69 Å². The molecule has 6 heteroatoms. The van der Waals surface area contributed by atoms with Gasteiger partial charge in [-0.25, -0.2) is 4.79 Å². The third-order valence-electron chi connectivity index (χ3n) is 3.68. The first-order valence-electron chi connectivity index (χ1n) is 8.32. The molecular weight excluding hydrogens is 445 g/mol. The monoisotopic (exact) mass is 465 g/mol. The van der Waals surface area contributed by atoms with E-state index in [4.69, 9.17) is 4.74 Å². The van der Waals surface area contributed by atoms with Crippen molar-refractivity contribution < 1.29 is 19.1 Å². The lowest BCUT2D eigenvalue weighted by molar-refractivity contribution is -0.116. The number of carbonyl (C=O) groups excluding carboxylic acids is 3. The summed E-state index contributed by atoms with van der Waals surface area (Å²) in [6.45, 7) is 3.48. The summed E-state index contributed by atoms with van der Waals surface area (Å²) in [5.74, 6) is -0.888. The summed E-state index contributed by atoms with van der Waals surface area (Å²) in [5.41, 5.74) is 1.48. The minimum atomic E-state index is -0.904. The van der Waals surface area contributed by atoms with Crippen LogP contribution in [-0.4, -0.2) is 23.8 Å². The van der Waals surface area contributed by atoms with Gasteiger partial charge in [0.05, 0.1) is 5.56 Å². The van der Waals surface area contributed by atoms with Crippen LogP contribution < -0.4 is 5.32 Å². The summed E-state index contributed by atoms with van der Waals surface area (Å²) in [7, 11) is 0. The van der Waals surface area contributed by atoms with Gasteiger partial charge in [-0.1, -0.05) is 19.1 Å². The number of benzene rings is 2. The first-order valence-corrected chi connectivity index (χ1v) is 9.40. The second kappa shape index (κ2) is 9.47. The summed E-state index contributed by atoms with van der Waals surface area (Å²) in [4.78, 5) is 36.3. The molecule has 0 fully saturated rings. The molecule has 0 radical (unpaired) electrons. The summed E-state index contributed by atoms with van der Waals surface area (Å²) in [5, 5.41) is 2.76. The number of nitrogens with one attached hydrogen (secondary N) is 1. The number of hydrogen-bond acceptors (Lipinski definition) is 4. The molecule has 2 aromatic rings. The second-order valence-corrected chi connectivity index (χ2v) is 6.93. The molecule has 0 bridgehead atoms. The molecule has 1 N–H and O–H groups in total. The van der Waals surface area contributed by atoms with Gasteiger partial charge in [-0.2, -0.15) is 0 Å². The number of halogens is 1. The van der Waals surface area contributed by atoms with Crippen LogP contribution in [0.25, 0.3) is 0 Å². The Hall–Kier alpha value is -2.22. The van der Waals surface area contributed by atoms with Gasteiger partial charge in [-0.3, -0.25) is 9.59 Å². The Balaban J connectivity index is 2.00. The van der Waals surface area contributed by atoms with E-state index in [1.165, 1.54) is 0 Å². The van der Waals surface area contributed by atoms with Crippen molar-refractivity contribution in [3.05, 3.63) is 63.2 Å². The molecule has 0 heterocycles. The summed E-state index contributed by atoms with van der Waals surface area (Å²) >= 11 is 2.05. The van der Waals surface area contributed by atoms with Gasteiger partial charge in [0.2, 0.25) is 11.7 Å². The van der Waals surface area contributed by atoms with Gasteiger partial charge in [0.15, 0.2) is 6.10 Å². The Labute approximate surface area is 166 Å². The third-order valence-corrected chi connectivity index (χ3v) is 4.62. The minimum Gasteiger partial charge on any atom is -0.451 e. The molecular formula is C20H20INO4. The summed E-state index contributed by atoms with van der Waals surface area (Å²) in [6.07, 6.45) is 0.316. The molecule has 1 amide bonds. The minimum absolute atomic E-state index is 0.0636. The lowest BCUT2D eigenvalue weighted by atomic mass is 10.1. The molecule has 26 heavy (non-hydrogen) atoms. The predicted molar refractivity (Wildman–Crippen MR) is 108 cm³/mol. The van der Waals surface area contributed by atoms with Crippen molar-refractivity contribution in [1.29, 1.82) is 0 Å². The Morgan fingerprint density at radius 1 is 1.08 bits per heavy atom. The van der Waals surface area contributed by atoms with E-state index in [1.54, 1.807) is 49.4 Å². The van der Waals surface area contributed by atoms with Crippen molar-refractivity contribution in [3.8, 4) is 0 Å². The number of anilines is 1. The van der Waals surface area contributed by atoms with E-state index in [9.17, 15) is 14.4 Å². The SMILES string of the molecule is CCCC(=O)Nc1ccc(C(=O)C(C)OC(=O)c2ccccc2I)cc1. The fraction of sp³-hybridized carbons (Fsp3) is 0.250. The topological polar surface area (TPSA) is 72.5 Å². The molecule has 2 rings (SSSR count). The fourth-order valence-corrected chi connectivity index (χ4v) is 2.91. The van der Waals surface area contributed by atoms with Gasteiger partial charge in [0.1, 0.15) is 0 Å². The van der Waals surface area contributed by atoms with Gasteiger partial charge >= 0.3 is 5.97 Å². The van der Waals surface area contributed by atoms with E-state index in [1.807, 2.05) is 35.6 Å². The molecule has 0 saturated heterocycles. The Morgan fingerprint density at radius 2 is 1.73 bits per heavy atom. The molecule has 1 unspecified atom stereocenters. The van der Waals surface area contributed by atoms with Crippen LogP contribution >= 0.6 is 22.6 Å². The maximum atomic E-state index is 12.5. The Morgan fingerprint density at radius 3 is 2.35 bits per heavy atom. The van der Waals surface area contributed by atoms with Gasteiger partial charge in [0.25, 0.3) is 0 Å². The fourth-order valence-electron chi connectivity index (χ4n) is 2.31. The third kappa shape index (κ3) is 5.39. The highest BCUT2D eigenvalue weighted by atomic mass is 127. The Bertz CT molecular complexity index is 802. The second-order valence-electron chi connectivity index (χ2n) is 5.77. The highest BCUT2D eigenvalue weighted by Crippen LogP contribution is 2.16. The standard InChI is InChI=1S/C20H20INO4/c1-3-6-18(23)22-15-11-9-14(10-12-15)19(24)13(2)26-20(25)16-7-4-5-8-17(16)21/h4-5,7-13H,3,6H2,1-2H3,(H,22,23). The van der Waals surface area contributed by atoms with Crippen molar-refractivity contribution in [3.63, 3.8) is 0 Å². The average molecular weight is 465 g/mol. The first-order chi connectivity index (χ1) is 12.4. The lowest BCUT2D eigenvalue weighted by Crippen LogP contribution is -2.24. The number of esters is 1. The molecule has 136 valence electrons. The number of hydrogen-bond donors (Lipinski definition) is 1. The average Bonchev–Trinajstić information content (AvgIpc) is 2.62. The number of amides is 1. The van der Waals surface area contributed by atoms with Crippen molar-refractivity contribution in [2.24, 2.45) is 0 Å². The molecule has 0 aliphatic heterocycles. The zero-order chi connectivity index (χ0) is 19.1. The maximum absolute atomic E-state index is 12.5. The number of rotatable bonds is 7. The molecule has 0 aromatic heterocycles. The number of Topliss-reactive ketones (excluding diaryl/α,β-unsaturated/α-hetero) is 1. The van der Waals surface area contributed by atoms with E-state index in [2.05, 4.69) is 5.32 Å². The smallest absolute Gasteiger partial charge is 0.339 e. The molecule has 1 atom stereocenters. The molecule has 0 aliphatic rings.